The first-order chi connectivity index (χ1) is 22.4. The minimum absolute atomic E-state index is 0.0211. The number of sulfonamides is 1. The highest BCUT2D eigenvalue weighted by atomic mass is 32.2. The summed E-state index contributed by atoms with van der Waals surface area (Å²) >= 11 is 0. The fourth-order valence-corrected chi connectivity index (χ4v) is 6.64. The number of carbonyl (C=O) groups is 2. The largest absolute Gasteiger partial charge is 0.505 e. The van der Waals surface area contributed by atoms with E-state index in [0.29, 0.717) is 19.4 Å². The number of nitrogens with two attached hydrogens (primary N) is 1. The lowest BCUT2D eigenvalue weighted by Crippen LogP contribution is -2.47. The van der Waals surface area contributed by atoms with Gasteiger partial charge >= 0.3 is 6.09 Å². The fourth-order valence-electron chi connectivity index (χ4n) is 5.16. The number of hydrogen-bond donors (Lipinski definition) is 5. The summed E-state index contributed by atoms with van der Waals surface area (Å²) < 4.78 is 44.6. The van der Waals surface area contributed by atoms with Crippen LogP contribution in [-0.4, -0.2) is 84.7 Å². The maximum atomic E-state index is 14.0. The molecule has 2 unspecified atom stereocenters. The number of alkyl carbamates (subject to hydrolysis) is 1. The van der Waals surface area contributed by atoms with E-state index in [0.717, 1.165) is 42.8 Å². The molecule has 0 aliphatic carbocycles. The molecule has 0 aromatic heterocycles. The molecule has 1 heterocycles. The van der Waals surface area contributed by atoms with Crippen molar-refractivity contribution in [1.29, 1.82) is 0 Å². The quantitative estimate of drug-likeness (QED) is 0.0631. The molecule has 1 saturated heterocycles. The average molecular weight is 698 g/mol. The number of aliphatic hydroxyl groups is 1. The highest BCUT2D eigenvalue weighted by Gasteiger charge is 2.42. The molecule has 15 heteroatoms. The lowest BCUT2D eigenvalue weighted by atomic mass is 9.99. The Morgan fingerprint density at radius 2 is 1.85 bits per heavy atom. The van der Waals surface area contributed by atoms with Gasteiger partial charge in [-0.05, 0) is 85.9 Å². The van der Waals surface area contributed by atoms with E-state index in [9.17, 15) is 23.1 Å². The highest BCUT2D eigenvalue weighted by Crippen LogP contribution is 2.32. The number of nitrogens with one attached hydrogen (secondary N) is 2. The predicted molar refractivity (Wildman–Crippen MR) is 185 cm³/mol. The van der Waals surface area contributed by atoms with Crippen LogP contribution >= 0.6 is 0 Å². The van der Waals surface area contributed by atoms with Crippen LogP contribution < -0.4 is 16.4 Å². The normalized spacial score (nSPS) is 16.8. The number of amides is 2. The van der Waals surface area contributed by atoms with E-state index in [1.165, 1.54) is 13.1 Å². The number of aromatic hydroxyl groups is 1. The third kappa shape index (κ3) is 12.2. The number of carbonyl (C=O) groups excluding carboxylic acids is 2. The number of aliphatic imine (C=N–C) groups is 1. The number of benzene rings is 1. The molecule has 1 aliphatic heterocycles. The number of rotatable bonds is 18. The number of phenolic OH excluding ortho intramolecular Hbond substituents is 1. The molecule has 48 heavy (non-hydrogen) atoms. The fraction of sp³-hybridized carbons (Fsp3) is 0.667. The van der Waals surface area contributed by atoms with Gasteiger partial charge < -0.3 is 40.8 Å². The van der Waals surface area contributed by atoms with Crippen LogP contribution in [0.3, 0.4) is 0 Å². The van der Waals surface area contributed by atoms with Crippen LogP contribution in [0.15, 0.2) is 34.7 Å². The summed E-state index contributed by atoms with van der Waals surface area (Å²) in [5.74, 6) is -1.70. The van der Waals surface area contributed by atoms with Crippen molar-refractivity contribution in [3.63, 3.8) is 0 Å². The first kappa shape index (κ1) is 40.8. The molecule has 2 amide bonds. The summed E-state index contributed by atoms with van der Waals surface area (Å²) in [4.78, 5) is 29.1. The number of para-hydroxylation sites is 1. The summed E-state index contributed by atoms with van der Waals surface area (Å²) in [6.45, 7) is 12.3. The SMILES string of the molecule is C=N/C(C(=O)Nc1cccc(CNC(=O)OC(C)(C)C)c1O)=C(/N)N(C)S(=O)(=O)C(C)(C)CC(CCCCCCO)OC1CCCCO1. The van der Waals surface area contributed by atoms with Gasteiger partial charge in [-0.15, -0.1) is 0 Å². The van der Waals surface area contributed by atoms with Crippen LogP contribution in [-0.2, 0) is 35.6 Å². The van der Waals surface area contributed by atoms with E-state index in [2.05, 4.69) is 22.3 Å². The van der Waals surface area contributed by atoms with Crippen molar-refractivity contribution >= 4 is 34.4 Å². The smallest absolute Gasteiger partial charge is 0.407 e. The van der Waals surface area contributed by atoms with Crippen molar-refractivity contribution < 1.29 is 42.4 Å². The van der Waals surface area contributed by atoms with Crippen LogP contribution in [0.2, 0.25) is 0 Å². The monoisotopic (exact) mass is 697 g/mol. The molecule has 0 bridgehead atoms. The standard InChI is InChI=1S/C33H55N5O9S/c1-32(2,3)47-31(42)36-22-23-15-14-17-25(28(23)40)37-30(41)27(35-6)29(34)38(7)48(43,44)33(4,5)21-24(16-10-8-9-12-19-39)46-26-18-11-13-20-45-26/h14-15,17,24,26,39-40H,6,8-13,16,18-22,34H2,1-5,7H3,(H,36,42)(H,37,41)/b29-27-. The number of phenols is 1. The van der Waals surface area contributed by atoms with Crippen LogP contribution in [0.1, 0.15) is 98.0 Å². The molecule has 14 nitrogen and oxygen atoms in total. The summed E-state index contributed by atoms with van der Waals surface area (Å²) in [5.41, 5.74) is 5.34. The van der Waals surface area contributed by atoms with Crippen molar-refractivity contribution in [3.8, 4) is 5.75 Å². The van der Waals surface area contributed by atoms with Crippen LogP contribution in [0.4, 0.5) is 10.5 Å². The van der Waals surface area contributed by atoms with Gasteiger partial charge in [0.2, 0.25) is 10.0 Å². The van der Waals surface area contributed by atoms with Gasteiger partial charge in [-0.1, -0.05) is 31.4 Å². The Kier molecular flexibility index (Phi) is 15.6. The van der Waals surface area contributed by atoms with E-state index in [1.54, 1.807) is 46.8 Å². The molecule has 2 rings (SSSR count). The van der Waals surface area contributed by atoms with Gasteiger partial charge in [-0.3, -0.25) is 14.1 Å². The first-order valence-electron chi connectivity index (χ1n) is 16.4. The third-order valence-electron chi connectivity index (χ3n) is 7.84. The van der Waals surface area contributed by atoms with E-state index >= 15 is 0 Å². The molecule has 1 fully saturated rings. The molecule has 6 N–H and O–H groups in total. The molecular weight excluding hydrogens is 642 g/mol. The minimum Gasteiger partial charge on any atom is -0.505 e. The maximum Gasteiger partial charge on any atom is 0.407 e. The van der Waals surface area contributed by atoms with Crippen LogP contribution in [0.5, 0.6) is 5.75 Å². The second-order valence-electron chi connectivity index (χ2n) is 13.4. The van der Waals surface area contributed by atoms with Gasteiger partial charge in [0, 0.05) is 32.4 Å². The van der Waals surface area contributed by atoms with Crippen molar-refractivity contribution in [1.82, 2.24) is 9.62 Å². The maximum absolute atomic E-state index is 14.0. The summed E-state index contributed by atoms with van der Waals surface area (Å²) in [6.07, 6.45) is 5.09. The van der Waals surface area contributed by atoms with Gasteiger partial charge in [-0.25, -0.2) is 13.2 Å². The van der Waals surface area contributed by atoms with Crippen molar-refractivity contribution in [2.45, 2.75) is 122 Å². The van der Waals surface area contributed by atoms with Gasteiger partial charge in [0.25, 0.3) is 5.91 Å². The molecule has 0 spiro atoms. The lowest BCUT2D eigenvalue weighted by molar-refractivity contribution is -0.191. The number of unbranched alkanes of at least 4 members (excludes halogenated alkanes) is 3. The van der Waals surface area contributed by atoms with Gasteiger partial charge in [0.05, 0.1) is 16.5 Å². The number of nitrogens with zero attached hydrogens (tertiary/aromatic N) is 2. The lowest BCUT2D eigenvalue weighted by Gasteiger charge is -2.36. The Morgan fingerprint density at radius 1 is 1.17 bits per heavy atom. The zero-order valence-corrected chi connectivity index (χ0v) is 30.0. The Hall–Kier alpha value is -3.40. The molecule has 1 aliphatic rings. The molecule has 0 saturated carbocycles. The van der Waals surface area contributed by atoms with E-state index in [1.807, 2.05) is 0 Å². The summed E-state index contributed by atoms with van der Waals surface area (Å²) in [7, 11) is -2.95. The Balaban J connectivity index is 2.22. The summed E-state index contributed by atoms with van der Waals surface area (Å²) in [6, 6.07) is 4.52. The zero-order chi connectivity index (χ0) is 36.1. The summed E-state index contributed by atoms with van der Waals surface area (Å²) in [5, 5.41) is 24.9. The number of hydrogen-bond acceptors (Lipinski definition) is 11. The molecule has 2 atom stereocenters. The van der Waals surface area contributed by atoms with Gasteiger partial charge in [0.15, 0.2) is 12.0 Å². The van der Waals surface area contributed by atoms with Crippen LogP contribution in [0.25, 0.3) is 0 Å². The molecule has 1 aromatic rings. The Morgan fingerprint density at radius 3 is 2.46 bits per heavy atom. The number of ether oxygens (including phenoxy) is 3. The van der Waals surface area contributed by atoms with Crippen molar-refractivity contribution in [3.05, 3.63) is 35.3 Å². The Bertz CT molecular complexity index is 1370. The minimum atomic E-state index is -4.19. The van der Waals surface area contributed by atoms with Gasteiger partial charge in [0.1, 0.15) is 17.2 Å². The van der Waals surface area contributed by atoms with E-state index in [4.69, 9.17) is 25.1 Å². The van der Waals surface area contributed by atoms with Crippen molar-refractivity contribution in [2.75, 3.05) is 25.6 Å². The van der Waals surface area contributed by atoms with Crippen LogP contribution in [0, 0.1) is 0 Å². The highest BCUT2D eigenvalue weighted by molar-refractivity contribution is 7.90. The zero-order valence-electron chi connectivity index (χ0n) is 29.2. The van der Waals surface area contributed by atoms with E-state index < -0.39 is 56.3 Å². The third-order valence-corrected chi connectivity index (χ3v) is 10.3. The predicted octanol–water partition coefficient (Wildman–Crippen LogP) is 4.47. The number of anilines is 1. The topological polar surface area (TPSA) is 202 Å². The molecule has 272 valence electrons. The second kappa shape index (κ2) is 18.4. The molecule has 0 radical (unpaired) electrons. The Labute approximate surface area is 285 Å². The number of aliphatic hydroxyl groups excluding tert-OH is 1. The van der Waals surface area contributed by atoms with Gasteiger partial charge in [-0.2, -0.15) is 0 Å². The second-order valence-corrected chi connectivity index (χ2v) is 16.0. The molecule has 1 aromatic carbocycles. The molecular formula is C33H55N5O9S. The van der Waals surface area contributed by atoms with E-state index in [-0.39, 0.29) is 36.6 Å². The van der Waals surface area contributed by atoms with Crippen molar-refractivity contribution in [2.24, 2.45) is 10.7 Å². The first-order valence-corrected chi connectivity index (χ1v) is 17.8. The average Bonchev–Trinajstić information content (AvgIpc) is 3.00.